The number of hydrogen-bond donors (Lipinski definition) is 1. The van der Waals surface area contributed by atoms with Crippen LogP contribution in [0, 0.1) is 12.3 Å². The zero-order chi connectivity index (χ0) is 12.5. The fraction of sp³-hybridized carbons (Fsp3) is 0.643. The lowest BCUT2D eigenvalue weighted by atomic mass is 9.64. The lowest BCUT2D eigenvalue weighted by Gasteiger charge is -2.51. The van der Waals surface area contributed by atoms with Gasteiger partial charge in [-0.25, -0.2) is 0 Å². The topological polar surface area (TPSA) is 34.1 Å². The van der Waals surface area contributed by atoms with E-state index in [1.54, 1.807) is 6.20 Å². The molecule has 1 heterocycles. The van der Waals surface area contributed by atoms with Gasteiger partial charge in [-0.2, -0.15) is 0 Å². The molecule has 0 radical (unpaired) electrons. The van der Waals surface area contributed by atoms with Crippen molar-refractivity contribution in [1.29, 1.82) is 0 Å². The van der Waals surface area contributed by atoms with Crippen LogP contribution in [0.1, 0.15) is 32.9 Å². The molecule has 1 aliphatic rings. The standard InChI is InChI=1S/C14H22N2O/c1-5-15-12-9-13(14(12,3)4)17-11-7-6-8-16-10(11)2/h6-8,12-13,15H,5,9H2,1-4H3. The van der Waals surface area contributed by atoms with Crippen LogP contribution < -0.4 is 10.1 Å². The first kappa shape index (κ1) is 12.4. The molecule has 3 heteroatoms. The molecule has 2 rings (SSSR count). The lowest BCUT2D eigenvalue weighted by Crippen LogP contribution is -2.62. The molecule has 0 aromatic carbocycles. The number of aryl methyl sites for hydroxylation is 1. The number of pyridine rings is 1. The Labute approximate surface area is 104 Å². The van der Waals surface area contributed by atoms with Crippen molar-refractivity contribution in [3.8, 4) is 5.75 Å². The number of nitrogens with zero attached hydrogens (tertiary/aromatic N) is 1. The van der Waals surface area contributed by atoms with Crippen molar-refractivity contribution in [3.63, 3.8) is 0 Å². The predicted octanol–water partition coefficient (Wildman–Crippen LogP) is 2.55. The second-order valence-corrected chi connectivity index (χ2v) is 5.36. The van der Waals surface area contributed by atoms with E-state index in [2.05, 4.69) is 31.1 Å². The number of nitrogens with one attached hydrogen (secondary N) is 1. The summed E-state index contributed by atoms with van der Waals surface area (Å²) in [5.41, 5.74) is 1.16. The maximum atomic E-state index is 6.07. The van der Waals surface area contributed by atoms with Gasteiger partial charge in [-0.1, -0.05) is 20.8 Å². The highest BCUT2D eigenvalue weighted by molar-refractivity contribution is 5.26. The minimum Gasteiger partial charge on any atom is -0.488 e. The maximum absolute atomic E-state index is 6.07. The van der Waals surface area contributed by atoms with Gasteiger partial charge in [0.25, 0.3) is 0 Å². The third-order valence-electron chi connectivity index (χ3n) is 3.86. The van der Waals surface area contributed by atoms with Crippen LogP contribution in [0.4, 0.5) is 0 Å². The third kappa shape index (κ3) is 2.29. The highest BCUT2D eigenvalue weighted by Gasteiger charge is 2.49. The van der Waals surface area contributed by atoms with E-state index in [9.17, 15) is 0 Å². The zero-order valence-corrected chi connectivity index (χ0v) is 11.2. The van der Waals surface area contributed by atoms with Gasteiger partial charge in [0, 0.05) is 24.1 Å². The van der Waals surface area contributed by atoms with E-state index in [4.69, 9.17) is 4.74 Å². The normalized spacial score (nSPS) is 26.4. The summed E-state index contributed by atoms with van der Waals surface area (Å²) in [6.07, 6.45) is 3.17. The fourth-order valence-electron chi connectivity index (χ4n) is 2.43. The van der Waals surface area contributed by atoms with E-state index in [1.165, 1.54) is 0 Å². The van der Waals surface area contributed by atoms with Gasteiger partial charge in [-0.15, -0.1) is 0 Å². The van der Waals surface area contributed by atoms with Crippen LogP contribution in [0.2, 0.25) is 0 Å². The smallest absolute Gasteiger partial charge is 0.140 e. The summed E-state index contributed by atoms with van der Waals surface area (Å²) in [6.45, 7) is 9.69. The average molecular weight is 234 g/mol. The molecule has 1 aliphatic carbocycles. The van der Waals surface area contributed by atoms with Gasteiger partial charge in [0.1, 0.15) is 11.9 Å². The molecule has 0 bridgehead atoms. The van der Waals surface area contributed by atoms with E-state index in [0.717, 1.165) is 24.4 Å². The first-order chi connectivity index (χ1) is 8.05. The average Bonchev–Trinajstić information content (AvgIpc) is 2.30. The van der Waals surface area contributed by atoms with Crippen LogP contribution >= 0.6 is 0 Å². The van der Waals surface area contributed by atoms with Crippen molar-refractivity contribution in [2.45, 2.75) is 46.3 Å². The summed E-state index contributed by atoms with van der Waals surface area (Å²) in [5.74, 6) is 0.917. The Hall–Kier alpha value is -1.09. The summed E-state index contributed by atoms with van der Waals surface area (Å²) < 4.78 is 6.07. The Kier molecular flexibility index (Phi) is 3.38. The molecule has 2 atom stereocenters. The van der Waals surface area contributed by atoms with Gasteiger partial charge < -0.3 is 10.1 Å². The molecule has 0 saturated heterocycles. The van der Waals surface area contributed by atoms with Gasteiger partial charge >= 0.3 is 0 Å². The molecule has 1 fully saturated rings. The minimum atomic E-state index is 0.193. The SMILES string of the molecule is CCNC1CC(Oc2cccnc2C)C1(C)C. The summed E-state index contributed by atoms with van der Waals surface area (Å²) >= 11 is 0. The molecule has 17 heavy (non-hydrogen) atoms. The van der Waals surface area contributed by atoms with Gasteiger partial charge in [-0.05, 0) is 25.6 Å². The van der Waals surface area contributed by atoms with Crippen LogP contribution in [-0.2, 0) is 0 Å². The van der Waals surface area contributed by atoms with Crippen LogP contribution in [-0.4, -0.2) is 23.7 Å². The van der Waals surface area contributed by atoms with Gasteiger partial charge in [0.05, 0.1) is 5.69 Å². The van der Waals surface area contributed by atoms with Crippen LogP contribution in [0.3, 0.4) is 0 Å². The third-order valence-corrected chi connectivity index (χ3v) is 3.86. The Morgan fingerprint density at radius 2 is 2.29 bits per heavy atom. The molecule has 0 amide bonds. The summed E-state index contributed by atoms with van der Waals surface area (Å²) in [6, 6.07) is 4.49. The van der Waals surface area contributed by atoms with Crippen molar-refractivity contribution in [3.05, 3.63) is 24.0 Å². The first-order valence-corrected chi connectivity index (χ1v) is 6.37. The maximum Gasteiger partial charge on any atom is 0.140 e. The summed E-state index contributed by atoms with van der Waals surface area (Å²) in [7, 11) is 0. The first-order valence-electron chi connectivity index (χ1n) is 6.37. The van der Waals surface area contributed by atoms with Crippen molar-refractivity contribution in [2.75, 3.05) is 6.54 Å². The van der Waals surface area contributed by atoms with Crippen LogP contribution in [0.25, 0.3) is 0 Å². The molecule has 3 nitrogen and oxygen atoms in total. The number of hydrogen-bond acceptors (Lipinski definition) is 3. The zero-order valence-electron chi connectivity index (χ0n) is 11.2. The fourth-order valence-corrected chi connectivity index (χ4v) is 2.43. The minimum absolute atomic E-state index is 0.193. The van der Waals surface area contributed by atoms with Gasteiger partial charge in [0.15, 0.2) is 0 Å². The Bertz CT molecular complexity index is 390. The highest BCUT2D eigenvalue weighted by atomic mass is 16.5. The molecular formula is C14H22N2O. The molecule has 0 spiro atoms. The molecular weight excluding hydrogens is 212 g/mol. The quantitative estimate of drug-likeness (QED) is 0.869. The number of ether oxygens (including phenoxy) is 1. The molecule has 1 saturated carbocycles. The van der Waals surface area contributed by atoms with E-state index in [0.29, 0.717) is 6.04 Å². The van der Waals surface area contributed by atoms with E-state index >= 15 is 0 Å². The van der Waals surface area contributed by atoms with Gasteiger partial charge in [-0.3, -0.25) is 4.98 Å². The second-order valence-electron chi connectivity index (χ2n) is 5.36. The lowest BCUT2D eigenvalue weighted by molar-refractivity contribution is -0.0546. The molecule has 1 N–H and O–H groups in total. The second kappa shape index (κ2) is 4.65. The van der Waals surface area contributed by atoms with Crippen LogP contribution in [0.5, 0.6) is 5.75 Å². The summed E-state index contributed by atoms with van der Waals surface area (Å²) in [4.78, 5) is 4.25. The molecule has 94 valence electrons. The number of rotatable bonds is 4. The van der Waals surface area contributed by atoms with Crippen molar-refractivity contribution in [1.82, 2.24) is 10.3 Å². The predicted molar refractivity (Wildman–Crippen MR) is 69.3 cm³/mol. The Balaban J connectivity index is 2.01. The van der Waals surface area contributed by atoms with Crippen molar-refractivity contribution < 1.29 is 4.74 Å². The van der Waals surface area contributed by atoms with Crippen molar-refractivity contribution >= 4 is 0 Å². The Morgan fingerprint density at radius 1 is 1.53 bits per heavy atom. The van der Waals surface area contributed by atoms with E-state index in [1.807, 2.05) is 19.1 Å². The monoisotopic (exact) mass is 234 g/mol. The summed E-state index contributed by atoms with van der Waals surface area (Å²) in [5, 5.41) is 3.51. The number of aromatic nitrogens is 1. The molecule has 1 aromatic rings. The van der Waals surface area contributed by atoms with Crippen LogP contribution in [0.15, 0.2) is 18.3 Å². The van der Waals surface area contributed by atoms with E-state index < -0.39 is 0 Å². The van der Waals surface area contributed by atoms with E-state index in [-0.39, 0.29) is 11.5 Å². The molecule has 0 aliphatic heterocycles. The molecule has 1 aromatic heterocycles. The highest BCUT2D eigenvalue weighted by Crippen LogP contribution is 2.43. The van der Waals surface area contributed by atoms with Gasteiger partial charge in [0.2, 0.25) is 0 Å². The van der Waals surface area contributed by atoms with Crippen molar-refractivity contribution in [2.24, 2.45) is 5.41 Å². The Morgan fingerprint density at radius 3 is 2.88 bits per heavy atom. The molecule has 2 unspecified atom stereocenters. The largest absolute Gasteiger partial charge is 0.488 e.